The highest BCUT2D eigenvalue weighted by atomic mass is 32.2. The van der Waals surface area contributed by atoms with Gasteiger partial charge in [0.05, 0.1) is 23.9 Å². The average Bonchev–Trinajstić information content (AvgIpc) is 2.35. The third-order valence-corrected chi connectivity index (χ3v) is 4.06. The average molecular weight is 269 g/mol. The molecule has 1 aromatic carbocycles. The van der Waals surface area contributed by atoms with Gasteiger partial charge in [0.25, 0.3) is 0 Å². The first-order chi connectivity index (χ1) is 8.44. The fourth-order valence-electron chi connectivity index (χ4n) is 1.40. The Morgan fingerprint density at radius 2 is 2.22 bits per heavy atom. The van der Waals surface area contributed by atoms with E-state index in [0.29, 0.717) is 12.0 Å². The van der Waals surface area contributed by atoms with Crippen LogP contribution in [0.3, 0.4) is 0 Å². The molecule has 0 saturated carbocycles. The van der Waals surface area contributed by atoms with E-state index < -0.39 is 16.1 Å². The first-order valence-corrected chi connectivity index (χ1v) is 6.85. The summed E-state index contributed by atoms with van der Waals surface area (Å²) in [5, 5.41) is 17.7. The van der Waals surface area contributed by atoms with Crippen LogP contribution in [0.4, 0.5) is 5.69 Å². The molecule has 0 aromatic heterocycles. The summed E-state index contributed by atoms with van der Waals surface area (Å²) in [6, 6.07) is 5.28. The number of nitriles is 1. The van der Waals surface area contributed by atoms with Crippen LogP contribution in [0.15, 0.2) is 23.1 Å². The van der Waals surface area contributed by atoms with E-state index >= 15 is 0 Å². The maximum atomic E-state index is 12.0. The van der Waals surface area contributed by atoms with Gasteiger partial charge in [-0.3, -0.25) is 0 Å². The molecule has 0 fully saturated rings. The van der Waals surface area contributed by atoms with Crippen LogP contribution in [0.1, 0.15) is 18.9 Å². The lowest BCUT2D eigenvalue weighted by atomic mass is 10.2. The number of nitrogens with one attached hydrogen (secondary N) is 1. The first kappa shape index (κ1) is 14.4. The van der Waals surface area contributed by atoms with Gasteiger partial charge < -0.3 is 10.8 Å². The van der Waals surface area contributed by atoms with Crippen LogP contribution in [-0.4, -0.2) is 26.2 Å². The third kappa shape index (κ3) is 3.20. The summed E-state index contributed by atoms with van der Waals surface area (Å²) in [5.41, 5.74) is 5.91. The van der Waals surface area contributed by atoms with E-state index in [9.17, 15) is 8.42 Å². The van der Waals surface area contributed by atoms with Crippen molar-refractivity contribution in [2.45, 2.75) is 24.3 Å². The molecule has 0 saturated heterocycles. The highest BCUT2D eigenvalue weighted by molar-refractivity contribution is 7.89. The van der Waals surface area contributed by atoms with Crippen LogP contribution in [0.2, 0.25) is 0 Å². The van der Waals surface area contributed by atoms with Gasteiger partial charge >= 0.3 is 0 Å². The molecule has 0 aliphatic carbocycles. The highest BCUT2D eigenvalue weighted by Gasteiger charge is 2.21. The molecule has 4 N–H and O–H groups in total. The number of nitrogens with zero attached hydrogens (tertiary/aromatic N) is 1. The molecule has 0 amide bonds. The fourth-order valence-corrected chi connectivity index (χ4v) is 2.82. The summed E-state index contributed by atoms with van der Waals surface area (Å²) in [4.78, 5) is -0.0894. The number of rotatable bonds is 5. The lowest BCUT2D eigenvalue weighted by molar-refractivity contribution is 0.254. The Morgan fingerprint density at radius 3 is 2.67 bits per heavy atom. The Hall–Kier alpha value is -1.62. The van der Waals surface area contributed by atoms with Crippen molar-refractivity contribution in [1.82, 2.24) is 4.72 Å². The van der Waals surface area contributed by atoms with Gasteiger partial charge in [-0.2, -0.15) is 5.26 Å². The Labute approximate surface area is 106 Å². The zero-order valence-electron chi connectivity index (χ0n) is 9.92. The van der Waals surface area contributed by atoms with Crippen LogP contribution in [-0.2, 0) is 10.0 Å². The molecule has 1 aromatic rings. The van der Waals surface area contributed by atoms with E-state index in [1.54, 1.807) is 6.92 Å². The summed E-state index contributed by atoms with van der Waals surface area (Å²) < 4.78 is 26.3. The van der Waals surface area contributed by atoms with E-state index in [4.69, 9.17) is 16.1 Å². The highest BCUT2D eigenvalue weighted by Crippen LogP contribution is 2.19. The van der Waals surface area contributed by atoms with Crippen LogP contribution in [0.25, 0.3) is 0 Å². The van der Waals surface area contributed by atoms with Crippen molar-refractivity contribution in [2.75, 3.05) is 12.3 Å². The van der Waals surface area contributed by atoms with Crippen LogP contribution in [0, 0.1) is 11.3 Å². The Morgan fingerprint density at radius 1 is 1.56 bits per heavy atom. The Balaban J connectivity index is 3.10. The fraction of sp³-hybridized carbons (Fsp3) is 0.364. The number of aliphatic hydroxyl groups excluding tert-OH is 1. The molecule has 98 valence electrons. The maximum Gasteiger partial charge on any atom is 0.242 e. The van der Waals surface area contributed by atoms with Crippen molar-refractivity contribution in [3.63, 3.8) is 0 Å². The maximum absolute atomic E-state index is 12.0. The van der Waals surface area contributed by atoms with Crippen LogP contribution >= 0.6 is 0 Å². The molecule has 0 aliphatic rings. The molecule has 0 aliphatic heterocycles. The van der Waals surface area contributed by atoms with Crippen molar-refractivity contribution in [3.05, 3.63) is 23.8 Å². The normalized spacial score (nSPS) is 12.9. The molecule has 0 bridgehead atoms. The smallest absolute Gasteiger partial charge is 0.242 e. The van der Waals surface area contributed by atoms with Crippen LogP contribution in [0.5, 0.6) is 0 Å². The largest absolute Gasteiger partial charge is 0.398 e. The minimum absolute atomic E-state index is 0.00865. The van der Waals surface area contributed by atoms with Gasteiger partial charge in [-0.25, -0.2) is 13.1 Å². The predicted octanol–water partition coefficient (Wildman–Crippen LogP) is 0.190. The van der Waals surface area contributed by atoms with Gasteiger partial charge in [-0.05, 0) is 24.6 Å². The molecule has 0 spiro atoms. The van der Waals surface area contributed by atoms with Gasteiger partial charge in [-0.15, -0.1) is 0 Å². The van der Waals surface area contributed by atoms with Gasteiger partial charge in [-0.1, -0.05) is 6.92 Å². The third-order valence-electron chi connectivity index (χ3n) is 2.46. The molecular formula is C11H15N3O3S. The second-order valence-electron chi connectivity index (χ2n) is 3.77. The summed E-state index contributed by atoms with van der Waals surface area (Å²) in [5.74, 6) is 0. The number of aliphatic hydroxyl groups is 1. The number of nitrogens with two attached hydrogens (primary N) is 1. The summed E-state index contributed by atoms with van der Waals surface area (Å²) in [7, 11) is -3.78. The number of nitrogen functional groups attached to an aromatic ring is 1. The number of benzene rings is 1. The molecule has 1 atom stereocenters. The first-order valence-electron chi connectivity index (χ1n) is 5.37. The van der Waals surface area contributed by atoms with E-state index in [2.05, 4.69) is 4.72 Å². The molecule has 7 heteroatoms. The monoisotopic (exact) mass is 269 g/mol. The lowest BCUT2D eigenvalue weighted by Crippen LogP contribution is -2.37. The molecule has 0 radical (unpaired) electrons. The van der Waals surface area contributed by atoms with Crippen molar-refractivity contribution in [3.8, 4) is 6.07 Å². The van der Waals surface area contributed by atoms with E-state index in [0.717, 1.165) is 0 Å². The van der Waals surface area contributed by atoms with E-state index in [-0.39, 0.29) is 17.2 Å². The quantitative estimate of drug-likeness (QED) is 0.660. The van der Waals surface area contributed by atoms with Gasteiger partial charge in [0.1, 0.15) is 4.90 Å². The molecule has 6 nitrogen and oxygen atoms in total. The Kier molecular flexibility index (Phi) is 4.67. The Bertz CT molecular complexity index is 559. The number of anilines is 1. The number of hydrogen-bond donors (Lipinski definition) is 3. The molecule has 1 rings (SSSR count). The minimum atomic E-state index is -3.78. The van der Waals surface area contributed by atoms with E-state index in [1.807, 2.05) is 6.07 Å². The van der Waals surface area contributed by atoms with Gasteiger partial charge in [0, 0.05) is 6.04 Å². The molecule has 18 heavy (non-hydrogen) atoms. The van der Waals surface area contributed by atoms with Crippen molar-refractivity contribution < 1.29 is 13.5 Å². The summed E-state index contributed by atoms with van der Waals surface area (Å²) >= 11 is 0. The standard InChI is InChI=1S/C11H15N3O3S/c1-2-9(7-15)14-18(16,17)11-4-3-8(6-12)5-10(11)13/h3-5,9,14-15H,2,7,13H2,1H3/t9-/m1/s1. The van der Waals surface area contributed by atoms with Gasteiger partial charge in [0.15, 0.2) is 0 Å². The summed E-state index contributed by atoms with van der Waals surface area (Å²) in [6.45, 7) is 1.47. The van der Waals surface area contributed by atoms with Crippen molar-refractivity contribution in [1.29, 1.82) is 5.26 Å². The van der Waals surface area contributed by atoms with Crippen molar-refractivity contribution in [2.24, 2.45) is 0 Å². The van der Waals surface area contributed by atoms with Crippen LogP contribution < -0.4 is 10.5 Å². The predicted molar refractivity (Wildman–Crippen MR) is 67.1 cm³/mol. The lowest BCUT2D eigenvalue weighted by Gasteiger charge is -2.15. The number of sulfonamides is 1. The van der Waals surface area contributed by atoms with Crippen molar-refractivity contribution >= 4 is 15.7 Å². The van der Waals surface area contributed by atoms with Gasteiger partial charge in [0.2, 0.25) is 10.0 Å². The molecule has 0 heterocycles. The SMILES string of the molecule is CC[C@H](CO)NS(=O)(=O)c1ccc(C#N)cc1N. The zero-order valence-corrected chi connectivity index (χ0v) is 10.7. The molecule has 0 unspecified atom stereocenters. The zero-order chi connectivity index (χ0) is 13.8. The second-order valence-corrected chi connectivity index (χ2v) is 5.46. The summed E-state index contributed by atoms with van der Waals surface area (Å²) in [6.07, 6.45) is 0.464. The molecular weight excluding hydrogens is 254 g/mol. The minimum Gasteiger partial charge on any atom is -0.398 e. The second kappa shape index (κ2) is 5.82. The van der Waals surface area contributed by atoms with E-state index in [1.165, 1.54) is 18.2 Å². The topological polar surface area (TPSA) is 116 Å². The number of hydrogen-bond acceptors (Lipinski definition) is 5.